The molecule has 0 amide bonds. The number of rotatable bonds is 26. The molecule has 25 nitrogen and oxygen atoms in total. The van der Waals surface area contributed by atoms with Gasteiger partial charge in [0.1, 0.15) is 95.5 Å². The second kappa shape index (κ2) is 45.2. The van der Waals surface area contributed by atoms with E-state index < -0.39 is 9.84 Å². The number of thiazole rings is 5. The molecule has 10 aromatic heterocycles. The molecule has 0 saturated carbocycles. The lowest BCUT2D eigenvalue weighted by molar-refractivity contribution is 0.306. The summed E-state index contributed by atoms with van der Waals surface area (Å²) >= 11 is 19.7. The number of benzene rings is 10. The smallest absolute Gasteiger partial charge is 0.227 e. The molecule has 0 spiro atoms. The predicted molar refractivity (Wildman–Crippen MR) is 531 cm³/mol. The van der Waals surface area contributed by atoms with Gasteiger partial charge in [-0.25, -0.2) is 87.6 Å². The number of nitrogens with one attached hydrogen (secondary N) is 5. The normalized spacial score (nSPS) is 10.7. The molecule has 0 unspecified atom stereocenters. The van der Waals surface area contributed by atoms with Gasteiger partial charge in [0.15, 0.2) is 9.84 Å². The van der Waals surface area contributed by atoms with Gasteiger partial charge < -0.3 is 40.8 Å². The van der Waals surface area contributed by atoms with Gasteiger partial charge in [-0.15, -0.1) is 56.7 Å². The summed E-state index contributed by atoms with van der Waals surface area (Å²) in [5.41, 5.74) is 14.9. The predicted octanol–water partition coefficient (Wildman–Crippen LogP) is 26.2. The molecule has 5 N–H and O–H groups in total. The van der Waals surface area contributed by atoms with Crippen LogP contribution in [0, 0.1) is 12.7 Å². The molecule has 0 bridgehead atoms. The van der Waals surface area contributed by atoms with Crippen LogP contribution in [-0.2, 0) is 23.1 Å². The lowest BCUT2D eigenvalue weighted by atomic mass is 10.0. The van der Waals surface area contributed by atoms with Gasteiger partial charge in [-0.2, -0.15) is 0 Å². The third-order valence-electron chi connectivity index (χ3n) is 18.8. The summed E-state index contributed by atoms with van der Waals surface area (Å²) in [5, 5.41) is 30.9. The van der Waals surface area contributed by atoms with E-state index in [0.717, 1.165) is 110 Å². The highest BCUT2D eigenvalue weighted by atomic mass is 35.5. The Labute approximate surface area is 794 Å². The Morgan fingerprint density at radius 3 is 1.04 bits per heavy atom. The molecular formula is C99H75Cl2FN20O5S6. The van der Waals surface area contributed by atoms with E-state index in [4.69, 9.17) is 37.4 Å². The molecule has 0 atom stereocenters. The zero-order valence-electron chi connectivity index (χ0n) is 70.4. The van der Waals surface area contributed by atoms with Gasteiger partial charge in [0.2, 0.25) is 29.7 Å². The second-order valence-corrected chi connectivity index (χ2v) is 35.6. The molecular weight excluding hydrogens is 1830 g/mol. The van der Waals surface area contributed by atoms with Crippen LogP contribution < -0.4 is 40.8 Å². The summed E-state index contributed by atoms with van der Waals surface area (Å²) in [6.45, 7) is 2.83. The van der Waals surface area contributed by atoms with Crippen LogP contribution >= 0.6 is 79.9 Å². The number of ether oxygens (including phenoxy) is 3. The first kappa shape index (κ1) is 90.9. The molecule has 20 aromatic rings. The van der Waals surface area contributed by atoms with Crippen molar-refractivity contribution in [3.63, 3.8) is 0 Å². The Morgan fingerprint density at radius 2 is 0.654 bits per heavy atom. The lowest BCUT2D eigenvalue weighted by Crippen LogP contribution is -2.00. The van der Waals surface area contributed by atoms with E-state index in [9.17, 15) is 12.8 Å². The molecule has 34 heteroatoms. The van der Waals surface area contributed by atoms with Gasteiger partial charge in [-0.1, -0.05) is 145 Å². The van der Waals surface area contributed by atoms with E-state index in [2.05, 4.69) is 145 Å². The Bertz CT molecular complexity index is 7140. The summed E-state index contributed by atoms with van der Waals surface area (Å²) in [4.78, 5) is 65.6. The quantitative estimate of drug-likeness (QED) is 0.0336. The van der Waals surface area contributed by atoms with Crippen LogP contribution in [0.25, 0.3) is 75.8 Å². The minimum Gasteiger partial charge on any atom is -0.489 e. The Balaban J connectivity index is 0.000000121. The number of aromatic nitrogens is 15. The summed E-state index contributed by atoms with van der Waals surface area (Å²) in [7, 11) is -3.20. The highest BCUT2D eigenvalue weighted by Gasteiger charge is 2.16. The number of hydrogen-bond donors (Lipinski definition) is 5. The van der Waals surface area contributed by atoms with Crippen LogP contribution in [0.1, 0.15) is 16.7 Å². The van der Waals surface area contributed by atoms with Crippen molar-refractivity contribution in [2.45, 2.75) is 25.0 Å². The van der Waals surface area contributed by atoms with Crippen molar-refractivity contribution in [3.05, 3.63) is 394 Å². The van der Waals surface area contributed by atoms with Gasteiger partial charge in [0.05, 0.1) is 14.9 Å². The third kappa shape index (κ3) is 26.5. The SMILES string of the molecule is CS(=O)(=O)c1ccc(COc2cccc(Nc3nccc(-c4nccs4)n3)c2)cc1.Cc1ccccc1-c1cccc(Nc2nccc(-c3nccs3)n2)c1.Clc1ccc(COc2cccc(Nc3nccc(-c4nccs4)n3)c2)cc1Cl.Fc1ccccc1-c1cccc(Nc2nccc(-c3nccs3)n2)c1.c1ccc(Oc2cccc(Nc3nccc(-c4nccs4)n3)c2)cc1. The molecule has 0 saturated heterocycles. The zero-order chi connectivity index (χ0) is 91.3. The van der Waals surface area contributed by atoms with E-state index in [-0.39, 0.29) is 10.7 Å². The highest BCUT2D eigenvalue weighted by molar-refractivity contribution is 7.90. The molecule has 133 heavy (non-hydrogen) atoms. The first-order valence-electron chi connectivity index (χ1n) is 40.6. The topological polar surface area (TPSA) is 315 Å². The molecule has 0 fully saturated rings. The number of sulfone groups is 1. The van der Waals surface area contributed by atoms with Crippen molar-refractivity contribution in [2.75, 3.05) is 32.8 Å². The van der Waals surface area contributed by atoms with Crippen LogP contribution in [0.5, 0.6) is 23.0 Å². The van der Waals surface area contributed by atoms with Crippen molar-refractivity contribution >= 4 is 148 Å². The average Bonchev–Trinajstić information content (AvgIpc) is 1.84. The standard InChI is InChI=1S/C21H18N4O3S2.C20H14Cl2N4OS.C20H16N4S.C19H13FN4S.C19H14N4OS/c1-30(26,27)18-7-5-15(6-8-18)14-28-17-4-2-3-16(13-17)24-21-23-10-9-19(25-21)20-22-11-12-29-20;21-16-5-4-13(10-17(16)22)12-27-15-3-1-2-14(11-15)25-20-24-7-6-18(26-20)19-23-8-9-28-19;1-14-5-2-3-8-17(14)15-6-4-7-16(13-15)23-20-22-10-9-18(24-20)19-21-11-12-25-19;20-16-7-2-1-6-15(16)13-4-3-5-14(12-13)23-19-22-9-8-17(24-19)18-21-10-11-25-18;1-2-6-15(7-3-1)24-16-8-4-5-14(13-16)22-19-21-10-9-17(23-19)18-20-11-12-25-18/h2-13H,14H2,1H3,(H,23,24,25);1-11H,12H2,(H,24,25,26);2-13H,1H3,(H,22,23,24);1-12H,(H,22,23,24);1-13H,(H,21,22,23). The number of hydrogen-bond acceptors (Lipinski definition) is 30. The maximum Gasteiger partial charge on any atom is 0.227 e. The first-order valence-corrected chi connectivity index (χ1v) is 47.7. The van der Waals surface area contributed by atoms with Crippen molar-refractivity contribution in [1.29, 1.82) is 0 Å². The maximum atomic E-state index is 14.0. The number of anilines is 10. The minimum absolute atomic E-state index is 0.248. The van der Waals surface area contributed by atoms with Crippen LogP contribution in [0.15, 0.2) is 367 Å². The number of nitrogens with zero attached hydrogens (tertiary/aromatic N) is 15. The molecule has 0 aliphatic heterocycles. The Kier molecular flexibility index (Phi) is 30.9. The van der Waals surface area contributed by atoms with Crippen LogP contribution in [0.2, 0.25) is 10.0 Å². The highest BCUT2D eigenvalue weighted by Crippen LogP contribution is 2.35. The van der Waals surface area contributed by atoms with E-state index >= 15 is 0 Å². The zero-order valence-corrected chi connectivity index (χ0v) is 76.8. The van der Waals surface area contributed by atoms with E-state index in [0.29, 0.717) is 70.1 Å². The molecule has 0 aliphatic rings. The average molecular weight is 1910 g/mol. The fourth-order valence-corrected chi connectivity index (χ4v) is 16.6. The maximum absolute atomic E-state index is 14.0. The summed E-state index contributed by atoms with van der Waals surface area (Å²) in [5.74, 6) is 5.19. The van der Waals surface area contributed by atoms with Crippen molar-refractivity contribution in [2.24, 2.45) is 0 Å². The Hall–Kier alpha value is -15.4. The monoisotopic (exact) mass is 1900 g/mol. The summed E-state index contributed by atoms with van der Waals surface area (Å²) in [6.07, 6.45) is 18.5. The molecule has 10 aromatic carbocycles. The van der Waals surface area contributed by atoms with Crippen LogP contribution in [0.3, 0.4) is 0 Å². The number of para-hydroxylation sites is 1. The minimum atomic E-state index is -3.20. The molecule has 20 rings (SSSR count). The fraction of sp³-hybridized carbons (Fsp3) is 0.0404. The number of aryl methyl sites for hydroxylation is 1. The van der Waals surface area contributed by atoms with Crippen molar-refractivity contribution < 1.29 is 27.0 Å². The molecule has 10 heterocycles. The van der Waals surface area contributed by atoms with Gasteiger partial charge in [-0.05, 0) is 174 Å². The molecule has 0 aliphatic carbocycles. The van der Waals surface area contributed by atoms with Crippen molar-refractivity contribution in [1.82, 2.24) is 74.8 Å². The fourth-order valence-electron chi connectivity index (χ4n) is 12.6. The van der Waals surface area contributed by atoms with Crippen LogP contribution in [0.4, 0.5) is 62.6 Å². The van der Waals surface area contributed by atoms with Gasteiger partial charge in [-0.3, -0.25) is 0 Å². The lowest BCUT2D eigenvalue weighted by Gasteiger charge is -2.10. The first-order chi connectivity index (χ1) is 65.1. The van der Waals surface area contributed by atoms with Gasteiger partial charge in [0, 0.05) is 147 Å². The van der Waals surface area contributed by atoms with E-state index in [1.807, 2.05) is 209 Å². The second-order valence-electron chi connectivity index (χ2n) is 28.3. The molecule has 0 radical (unpaired) electrons. The number of halogens is 3. The Morgan fingerprint density at radius 1 is 0.316 bits per heavy atom. The van der Waals surface area contributed by atoms with Gasteiger partial charge >= 0.3 is 0 Å². The largest absolute Gasteiger partial charge is 0.489 e. The van der Waals surface area contributed by atoms with Crippen LogP contribution in [-0.4, -0.2) is 89.4 Å². The van der Waals surface area contributed by atoms with E-state index in [1.165, 1.54) is 63.0 Å². The summed E-state index contributed by atoms with van der Waals surface area (Å²) in [6, 6.07) is 84.6. The van der Waals surface area contributed by atoms with Gasteiger partial charge in [0.25, 0.3) is 0 Å². The van der Waals surface area contributed by atoms with E-state index in [1.54, 1.807) is 133 Å². The van der Waals surface area contributed by atoms with Crippen molar-refractivity contribution in [3.8, 4) is 98.8 Å². The summed E-state index contributed by atoms with van der Waals surface area (Å²) < 4.78 is 54.6. The molecule has 658 valence electrons. The third-order valence-corrected chi connectivity index (χ3v) is 24.7.